The van der Waals surface area contributed by atoms with Gasteiger partial charge in [0.15, 0.2) is 5.69 Å². The van der Waals surface area contributed by atoms with Crippen molar-refractivity contribution < 1.29 is 13.2 Å². The molecule has 1 atom stereocenters. The first-order chi connectivity index (χ1) is 21.4. The molecule has 1 saturated carbocycles. The number of aryl methyl sites for hydroxylation is 1. The molecule has 3 aromatic heterocycles. The molecule has 1 aliphatic carbocycles. The lowest BCUT2D eigenvalue weighted by Gasteiger charge is -2.36. The lowest BCUT2D eigenvalue weighted by atomic mass is 10.0. The third kappa shape index (κ3) is 6.57. The van der Waals surface area contributed by atoms with Crippen molar-refractivity contribution in [1.29, 1.82) is 0 Å². The normalized spacial score (nSPS) is 16.1. The fourth-order valence-electron chi connectivity index (χ4n) is 5.62. The van der Waals surface area contributed by atoms with Gasteiger partial charge in [-0.25, -0.2) is 33.1 Å². The molecule has 1 saturated heterocycles. The lowest BCUT2D eigenvalue weighted by Crippen LogP contribution is -2.48. The maximum atomic E-state index is 13.7. The predicted octanol–water partition coefficient (Wildman–Crippen LogP) is 3.15. The van der Waals surface area contributed by atoms with Gasteiger partial charge in [-0.3, -0.25) is 14.2 Å². The van der Waals surface area contributed by atoms with Crippen LogP contribution in [-0.2, 0) is 17.1 Å². The maximum absolute atomic E-state index is 13.7. The number of hydrogen-bond acceptors (Lipinski definition) is 11. The average molecular weight is 652 g/mol. The smallest absolute Gasteiger partial charge is 0.285 e. The summed E-state index contributed by atoms with van der Waals surface area (Å²) in [5, 5.41) is 3.76. The van der Waals surface area contributed by atoms with Crippen LogP contribution in [0.15, 0.2) is 41.3 Å². The van der Waals surface area contributed by atoms with Gasteiger partial charge in [0.2, 0.25) is 16.0 Å². The van der Waals surface area contributed by atoms with Gasteiger partial charge in [0.25, 0.3) is 11.5 Å². The molecule has 236 valence electrons. The van der Waals surface area contributed by atoms with E-state index in [2.05, 4.69) is 25.1 Å². The minimum absolute atomic E-state index is 0.0332. The van der Waals surface area contributed by atoms with E-state index in [9.17, 15) is 18.0 Å². The Morgan fingerprint density at radius 2 is 1.76 bits per heavy atom. The van der Waals surface area contributed by atoms with Crippen LogP contribution in [0.2, 0.25) is 5.15 Å². The number of sulfonamides is 1. The second-order valence-electron chi connectivity index (χ2n) is 11.6. The number of amides is 1. The highest BCUT2D eigenvalue weighted by Gasteiger charge is 2.28. The van der Waals surface area contributed by atoms with E-state index < -0.39 is 22.0 Å². The zero-order valence-corrected chi connectivity index (χ0v) is 27.0. The van der Waals surface area contributed by atoms with Crippen molar-refractivity contribution in [3.05, 3.63) is 74.7 Å². The fourth-order valence-corrected chi connectivity index (χ4v) is 6.20. The molecule has 13 nitrogen and oxygen atoms in total. The highest BCUT2D eigenvalue weighted by atomic mass is 35.5. The Bertz CT molecular complexity index is 1970. The zero-order valence-electron chi connectivity index (χ0n) is 25.4. The molecule has 2 fully saturated rings. The van der Waals surface area contributed by atoms with E-state index in [0.717, 1.165) is 55.0 Å². The number of halogens is 1. The van der Waals surface area contributed by atoms with Crippen LogP contribution in [0.3, 0.4) is 0 Å². The van der Waals surface area contributed by atoms with Gasteiger partial charge in [-0.1, -0.05) is 17.7 Å². The van der Waals surface area contributed by atoms with Crippen molar-refractivity contribution in [3.63, 3.8) is 0 Å². The van der Waals surface area contributed by atoms with Crippen LogP contribution >= 0.6 is 11.6 Å². The summed E-state index contributed by atoms with van der Waals surface area (Å²) >= 11 is 6.04. The quantitative estimate of drug-likeness (QED) is 0.270. The molecule has 4 aromatic rings. The number of nitrogens with zero attached hydrogens (tertiary/aromatic N) is 7. The molecule has 2 N–H and O–H groups in total. The minimum Gasteiger partial charge on any atom is -0.377 e. The van der Waals surface area contributed by atoms with Crippen LogP contribution in [0.25, 0.3) is 10.9 Å². The number of pyridine rings is 1. The number of rotatable bonds is 8. The van der Waals surface area contributed by atoms with Crippen LogP contribution in [0.4, 0.5) is 17.5 Å². The molecular formula is C30H34ClN9O4S. The summed E-state index contributed by atoms with van der Waals surface area (Å²) in [6.07, 6.45) is 5.00. The van der Waals surface area contributed by atoms with Crippen LogP contribution in [0.1, 0.15) is 59.2 Å². The SMILES string of the molecule is Cc1cc([C@@H](C)Nc2ccc(Cl)nc2C(=O)NS(C)(=O)=O)c2nc(N3CCN(c4ccnc(C5CC5)n4)CC3)n(C)c(=O)c2c1. The van der Waals surface area contributed by atoms with E-state index in [-0.39, 0.29) is 22.1 Å². The van der Waals surface area contributed by atoms with Crippen molar-refractivity contribution in [3.8, 4) is 0 Å². The molecule has 1 aliphatic heterocycles. The molecule has 15 heteroatoms. The van der Waals surface area contributed by atoms with Gasteiger partial charge < -0.3 is 15.1 Å². The summed E-state index contributed by atoms with van der Waals surface area (Å²) in [5.74, 6) is 1.96. The summed E-state index contributed by atoms with van der Waals surface area (Å²) in [6.45, 7) is 6.51. The van der Waals surface area contributed by atoms with Crippen LogP contribution < -0.4 is 25.4 Å². The summed E-state index contributed by atoms with van der Waals surface area (Å²) in [5.41, 5.74) is 2.08. The molecule has 0 radical (unpaired) electrons. The van der Waals surface area contributed by atoms with Gasteiger partial charge in [-0.15, -0.1) is 0 Å². The van der Waals surface area contributed by atoms with Gasteiger partial charge in [-0.05, 0) is 56.5 Å². The van der Waals surface area contributed by atoms with Gasteiger partial charge in [0.05, 0.1) is 28.9 Å². The standard InChI is InChI=1S/C30H34ClN9O4S/c1-17-15-20(18(2)33-22-7-8-23(31)34-26(22)28(41)37-45(4,43)44)25-21(16-17)29(42)38(3)30(36-25)40-13-11-39(12-14-40)24-9-10-32-27(35-24)19-5-6-19/h7-10,15-16,18-19,33H,5-6,11-14H2,1-4H3,(H,37,41)/t18-/m1/s1. The van der Waals surface area contributed by atoms with E-state index in [1.54, 1.807) is 17.7 Å². The van der Waals surface area contributed by atoms with Crippen LogP contribution in [0.5, 0.6) is 0 Å². The Hall–Kier alpha value is -4.30. The van der Waals surface area contributed by atoms with Gasteiger partial charge >= 0.3 is 0 Å². The van der Waals surface area contributed by atoms with Crippen LogP contribution in [-0.4, -0.2) is 71.3 Å². The molecule has 6 rings (SSSR count). The largest absolute Gasteiger partial charge is 0.377 e. The first kappa shape index (κ1) is 30.7. The summed E-state index contributed by atoms with van der Waals surface area (Å²) < 4.78 is 27.0. The number of piperazine rings is 1. The highest BCUT2D eigenvalue weighted by Crippen LogP contribution is 2.38. The minimum atomic E-state index is -3.83. The first-order valence-corrected chi connectivity index (χ1v) is 16.9. The Kier molecular flexibility index (Phi) is 8.12. The number of aromatic nitrogens is 5. The molecule has 1 amide bonds. The monoisotopic (exact) mass is 651 g/mol. The second-order valence-corrected chi connectivity index (χ2v) is 13.8. The summed E-state index contributed by atoms with van der Waals surface area (Å²) in [4.78, 5) is 49.1. The zero-order chi connectivity index (χ0) is 32.0. The van der Waals surface area contributed by atoms with E-state index in [1.165, 1.54) is 6.07 Å². The van der Waals surface area contributed by atoms with Crippen LogP contribution in [0, 0.1) is 6.92 Å². The lowest BCUT2D eigenvalue weighted by molar-refractivity contribution is 0.0977. The van der Waals surface area contributed by atoms with Crippen molar-refractivity contribution >= 4 is 55.9 Å². The van der Waals surface area contributed by atoms with Gasteiger partial charge in [-0.2, -0.15) is 0 Å². The molecule has 0 bridgehead atoms. The maximum Gasteiger partial charge on any atom is 0.285 e. The molecule has 0 spiro atoms. The third-order valence-electron chi connectivity index (χ3n) is 8.01. The highest BCUT2D eigenvalue weighted by molar-refractivity contribution is 7.89. The molecule has 4 heterocycles. The van der Waals surface area contributed by atoms with Crippen molar-refractivity contribution in [2.24, 2.45) is 7.05 Å². The van der Waals surface area contributed by atoms with Gasteiger partial charge in [0.1, 0.15) is 16.8 Å². The number of anilines is 3. The fraction of sp³-hybridized carbons (Fsp3) is 0.400. The molecule has 0 unspecified atom stereocenters. The Labute approximate surface area is 265 Å². The average Bonchev–Trinajstić information content (AvgIpc) is 3.85. The number of nitrogens with one attached hydrogen (secondary N) is 2. The van der Waals surface area contributed by atoms with Gasteiger partial charge in [0, 0.05) is 50.9 Å². The van der Waals surface area contributed by atoms with Crippen molar-refractivity contribution in [2.45, 2.75) is 38.6 Å². The molecule has 1 aromatic carbocycles. The number of carbonyl (C=O) groups excluding carboxylic acids is 1. The van der Waals surface area contributed by atoms with E-state index in [4.69, 9.17) is 21.6 Å². The van der Waals surface area contributed by atoms with Crippen molar-refractivity contribution in [2.75, 3.05) is 47.6 Å². The number of hydrogen-bond donors (Lipinski definition) is 2. The van der Waals surface area contributed by atoms with E-state index in [1.807, 2.05) is 43.0 Å². The number of carbonyl (C=O) groups is 1. The Balaban J connectivity index is 1.30. The molecule has 2 aliphatic rings. The predicted molar refractivity (Wildman–Crippen MR) is 174 cm³/mol. The Morgan fingerprint density at radius 3 is 2.44 bits per heavy atom. The molecule has 45 heavy (non-hydrogen) atoms. The number of benzene rings is 1. The topological polar surface area (TPSA) is 155 Å². The first-order valence-electron chi connectivity index (χ1n) is 14.7. The third-order valence-corrected chi connectivity index (χ3v) is 8.78. The second kappa shape index (κ2) is 11.9. The summed E-state index contributed by atoms with van der Waals surface area (Å²) in [6, 6.07) is 8.32. The van der Waals surface area contributed by atoms with E-state index in [0.29, 0.717) is 35.9 Å². The van der Waals surface area contributed by atoms with Crippen molar-refractivity contribution in [1.82, 2.24) is 29.2 Å². The van der Waals surface area contributed by atoms with E-state index >= 15 is 0 Å². The molecular weight excluding hydrogens is 618 g/mol. The Morgan fingerprint density at radius 1 is 1.04 bits per heavy atom. The summed E-state index contributed by atoms with van der Waals surface area (Å²) in [7, 11) is -2.10. The number of fused-ring (bicyclic) bond motifs is 1.